The van der Waals surface area contributed by atoms with E-state index in [1.54, 1.807) is 67.8 Å². The van der Waals surface area contributed by atoms with Crippen LogP contribution in [0.4, 0.5) is 4.79 Å². The van der Waals surface area contributed by atoms with Crippen molar-refractivity contribution < 1.29 is 28.7 Å². The van der Waals surface area contributed by atoms with Gasteiger partial charge >= 0.3 is 12.1 Å². The lowest BCUT2D eigenvalue weighted by Crippen LogP contribution is -2.56. The smallest absolute Gasteiger partial charge is 0.410 e. The van der Waals surface area contributed by atoms with Crippen LogP contribution in [0.15, 0.2) is 66.7 Å². The number of halogens is 1. The molecule has 1 saturated heterocycles. The summed E-state index contributed by atoms with van der Waals surface area (Å²) in [5.41, 5.74) is 1.88. The first-order valence-corrected chi connectivity index (χ1v) is 14.9. The molecule has 1 aliphatic rings. The number of amides is 3. The Kier molecular flexibility index (Phi) is 10.6. The Bertz CT molecular complexity index is 1480. The largest absolute Gasteiger partial charge is 0.462 e. The summed E-state index contributed by atoms with van der Waals surface area (Å²) in [6, 6.07) is 18.2. The van der Waals surface area contributed by atoms with Crippen molar-refractivity contribution in [2.24, 2.45) is 0 Å². The monoisotopic (exact) mass is 620 g/mol. The molecule has 0 bridgehead atoms. The van der Waals surface area contributed by atoms with Crippen LogP contribution in [0.25, 0.3) is 11.3 Å². The van der Waals surface area contributed by atoms with E-state index in [2.05, 4.69) is 10.3 Å². The number of rotatable bonds is 8. The van der Waals surface area contributed by atoms with Gasteiger partial charge in [-0.15, -0.1) is 0 Å². The molecule has 0 saturated carbocycles. The fourth-order valence-corrected chi connectivity index (χ4v) is 4.89. The summed E-state index contributed by atoms with van der Waals surface area (Å²) in [5.74, 6) is -1.30. The Morgan fingerprint density at radius 2 is 1.57 bits per heavy atom. The molecule has 10 nitrogen and oxygen atoms in total. The minimum Gasteiger partial charge on any atom is -0.462 e. The number of piperazine rings is 1. The summed E-state index contributed by atoms with van der Waals surface area (Å²) in [6.45, 7) is 8.54. The number of pyridine rings is 1. The van der Waals surface area contributed by atoms with Gasteiger partial charge in [0, 0.05) is 43.2 Å². The fraction of sp³-hybridized carbons (Fsp3) is 0.364. The number of hydrogen-bond donors (Lipinski definition) is 1. The molecule has 4 rings (SSSR count). The van der Waals surface area contributed by atoms with E-state index >= 15 is 0 Å². The highest BCUT2D eigenvalue weighted by Crippen LogP contribution is 2.22. The summed E-state index contributed by atoms with van der Waals surface area (Å²) in [5, 5.41) is 3.19. The predicted molar refractivity (Wildman–Crippen MR) is 166 cm³/mol. The molecule has 2 heterocycles. The van der Waals surface area contributed by atoms with Crippen molar-refractivity contribution >= 4 is 35.5 Å². The summed E-state index contributed by atoms with van der Waals surface area (Å²) < 4.78 is 10.5. The molecule has 3 aromatic rings. The average molecular weight is 621 g/mol. The molecule has 232 valence electrons. The number of nitrogens with zero attached hydrogens (tertiary/aromatic N) is 3. The maximum atomic E-state index is 13.8. The quantitative estimate of drug-likeness (QED) is 0.352. The summed E-state index contributed by atoms with van der Waals surface area (Å²) in [7, 11) is 0. The lowest BCUT2D eigenvalue weighted by Gasteiger charge is -2.37. The van der Waals surface area contributed by atoms with Gasteiger partial charge in [-0.1, -0.05) is 54.1 Å². The Hall–Kier alpha value is -4.44. The number of carbonyl (C=O) groups is 4. The van der Waals surface area contributed by atoms with E-state index in [1.807, 2.05) is 30.3 Å². The summed E-state index contributed by atoms with van der Waals surface area (Å²) >= 11 is 6.36. The third kappa shape index (κ3) is 8.79. The Labute approximate surface area is 262 Å². The highest BCUT2D eigenvalue weighted by atomic mass is 35.5. The topological polar surface area (TPSA) is 118 Å². The molecule has 0 spiro atoms. The van der Waals surface area contributed by atoms with Gasteiger partial charge in [-0.2, -0.15) is 0 Å². The zero-order valence-electron chi connectivity index (χ0n) is 25.3. The minimum atomic E-state index is -0.954. The first-order valence-electron chi connectivity index (χ1n) is 14.5. The van der Waals surface area contributed by atoms with Gasteiger partial charge in [0.05, 0.1) is 17.9 Å². The van der Waals surface area contributed by atoms with Gasteiger partial charge in [-0.05, 0) is 57.5 Å². The minimum absolute atomic E-state index is 0.0709. The van der Waals surface area contributed by atoms with Crippen molar-refractivity contribution in [3.05, 3.63) is 88.6 Å². The molecule has 1 aromatic heterocycles. The number of benzene rings is 2. The first kappa shape index (κ1) is 32.5. The number of hydrogen-bond acceptors (Lipinski definition) is 7. The van der Waals surface area contributed by atoms with Gasteiger partial charge in [0.2, 0.25) is 5.91 Å². The van der Waals surface area contributed by atoms with Crippen LogP contribution < -0.4 is 5.32 Å². The van der Waals surface area contributed by atoms with Crippen molar-refractivity contribution in [2.45, 2.75) is 45.8 Å². The van der Waals surface area contributed by atoms with Crippen LogP contribution in [0.3, 0.4) is 0 Å². The van der Waals surface area contributed by atoms with E-state index in [4.69, 9.17) is 21.1 Å². The van der Waals surface area contributed by atoms with Crippen LogP contribution in [0.1, 0.15) is 54.1 Å². The standard InChI is InChI=1S/C33H37ClN4O6/c1-5-43-31(41)24-13-11-22(12-14-24)19-28(30(40)37-15-17-38(18-16-37)32(42)44-33(2,3)4)36-29(39)27-21-25(34)20-26(35-27)23-9-7-6-8-10-23/h6-14,20-21,28H,5,15-19H2,1-4H3,(H,36,39). The van der Waals surface area contributed by atoms with Crippen LogP contribution in [0.2, 0.25) is 5.02 Å². The zero-order chi connectivity index (χ0) is 31.9. The van der Waals surface area contributed by atoms with E-state index in [-0.39, 0.29) is 37.7 Å². The lowest BCUT2D eigenvalue weighted by molar-refractivity contribution is -0.135. The molecule has 11 heteroatoms. The maximum Gasteiger partial charge on any atom is 0.410 e. The van der Waals surface area contributed by atoms with Crippen LogP contribution in [0, 0.1) is 0 Å². The van der Waals surface area contributed by atoms with Crippen molar-refractivity contribution in [1.82, 2.24) is 20.1 Å². The van der Waals surface area contributed by atoms with Crippen LogP contribution in [-0.4, -0.2) is 83.1 Å². The molecule has 1 unspecified atom stereocenters. The van der Waals surface area contributed by atoms with E-state index in [9.17, 15) is 19.2 Å². The number of esters is 1. The molecule has 0 aliphatic carbocycles. The molecular weight excluding hydrogens is 584 g/mol. The summed E-state index contributed by atoms with van der Waals surface area (Å²) in [4.78, 5) is 59.7. The molecule has 1 aliphatic heterocycles. The second-order valence-corrected chi connectivity index (χ2v) is 11.8. The number of nitrogens with one attached hydrogen (secondary N) is 1. The summed E-state index contributed by atoms with van der Waals surface area (Å²) in [6.07, 6.45) is -0.274. The number of carbonyl (C=O) groups excluding carboxylic acids is 4. The molecule has 0 radical (unpaired) electrons. The normalized spacial score (nSPS) is 14.0. The van der Waals surface area contributed by atoms with E-state index < -0.39 is 29.6 Å². The van der Waals surface area contributed by atoms with Crippen molar-refractivity contribution in [2.75, 3.05) is 32.8 Å². The van der Waals surface area contributed by atoms with Gasteiger partial charge in [0.25, 0.3) is 5.91 Å². The maximum absolute atomic E-state index is 13.8. The van der Waals surface area contributed by atoms with E-state index in [0.29, 0.717) is 29.4 Å². The average Bonchev–Trinajstić information content (AvgIpc) is 3.00. The van der Waals surface area contributed by atoms with Crippen molar-refractivity contribution in [3.8, 4) is 11.3 Å². The van der Waals surface area contributed by atoms with Gasteiger partial charge in [-0.3, -0.25) is 9.59 Å². The molecule has 1 N–H and O–H groups in total. The molecule has 1 atom stereocenters. The third-order valence-corrected chi connectivity index (χ3v) is 7.06. The van der Waals surface area contributed by atoms with Gasteiger partial charge < -0.3 is 24.6 Å². The van der Waals surface area contributed by atoms with Crippen LogP contribution in [0.5, 0.6) is 0 Å². The van der Waals surface area contributed by atoms with Gasteiger partial charge in [0.15, 0.2) is 0 Å². The predicted octanol–water partition coefficient (Wildman–Crippen LogP) is 5.00. The second-order valence-electron chi connectivity index (χ2n) is 11.4. The third-order valence-electron chi connectivity index (χ3n) is 6.84. The SMILES string of the molecule is CCOC(=O)c1ccc(CC(NC(=O)c2cc(Cl)cc(-c3ccccc3)n2)C(=O)N2CCN(C(=O)OC(C)(C)C)CC2)cc1. The van der Waals surface area contributed by atoms with Gasteiger partial charge in [-0.25, -0.2) is 14.6 Å². The van der Waals surface area contributed by atoms with Crippen LogP contribution >= 0.6 is 11.6 Å². The van der Waals surface area contributed by atoms with Crippen molar-refractivity contribution in [1.29, 1.82) is 0 Å². The van der Waals surface area contributed by atoms with Crippen LogP contribution in [-0.2, 0) is 20.7 Å². The zero-order valence-corrected chi connectivity index (χ0v) is 26.1. The fourth-order valence-electron chi connectivity index (χ4n) is 4.69. The Morgan fingerprint density at radius 1 is 0.932 bits per heavy atom. The molecule has 1 fully saturated rings. The molecule has 3 amide bonds. The molecular formula is C33H37ClN4O6. The molecule has 2 aromatic carbocycles. The number of aromatic nitrogens is 1. The first-order chi connectivity index (χ1) is 20.9. The van der Waals surface area contributed by atoms with E-state index in [0.717, 1.165) is 11.1 Å². The number of ether oxygens (including phenoxy) is 2. The highest BCUT2D eigenvalue weighted by molar-refractivity contribution is 6.31. The lowest BCUT2D eigenvalue weighted by atomic mass is 10.0. The molecule has 44 heavy (non-hydrogen) atoms. The van der Waals surface area contributed by atoms with E-state index in [1.165, 1.54) is 6.07 Å². The van der Waals surface area contributed by atoms with Crippen molar-refractivity contribution in [3.63, 3.8) is 0 Å². The Balaban J connectivity index is 1.54. The highest BCUT2D eigenvalue weighted by Gasteiger charge is 2.32. The second kappa shape index (κ2) is 14.4. The van der Waals surface area contributed by atoms with Gasteiger partial charge in [0.1, 0.15) is 17.3 Å². The Morgan fingerprint density at radius 3 is 2.18 bits per heavy atom.